The van der Waals surface area contributed by atoms with Crippen LogP contribution in [-0.2, 0) is 19.1 Å². The number of carbonyl (C=O) groups excluding carboxylic acids is 1. The third-order valence-corrected chi connectivity index (χ3v) is 3.91. The molecule has 1 aromatic carbocycles. The number of fused-ring (bicyclic) bond motifs is 1. The summed E-state index contributed by atoms with van der Waals surface area (Å²) in [5.41, 5.74) is 7.10. The number of alkyl halides is 3. The van der Waals surface area contributed by atoms with Crippen LogP contribution in [0.4, 0.5) is 18.9 Å². The average molecular weight is 321 g/mol. The molecule has 2 N–H and O–H groups in total. The lowest BCUT2D eigenvalue weighted by atomic mass is 9.96. The summed E-state index contributed by atoms with van der Waals surface area (Å²) in [6.07, 6.45) is -2.32. The summed E-state index contributed by atoms with van der Waals surface area (Å²) in [7, 11) is 0. The van der Waals surface area contributed by atoms with Gasteiger partial charge in [-0.15, -0.1) is 0 Å². The van der Waals surface area contributed by atoms with Gasteiger partial charge in [-0.2, -0.15) is 13.2 Å². The molecule has 23 heavy (non-hydrogen) atoms. The molecule has 3 rings (SSSR count). The molecule has 1 aromatic heterocycles. The fraction of sp³-hybridized carbons (Fsp3) is 0.250. The number of anilines is 1. The first-order chi connectivity index (χ1) is 10.8. The normalized spacial score (nSPS) is 14.5. The fourth-order valence-electron chi connectivity index (χ4n) is 2.70. The van der Waals surface area contributed by atoms with Crippen molar-refractivity contribution >= 4 is 11.6 Å². The number of hydrogen-bond donors (Lipinski definition) is 1. The summed E-state index contributed by atoms with van der Waals surface area (Å²) in [6.45, 7) is 1.05. The molecule has 0 bridgehead atoms. The van der Waals surface area contributed by atoms with Gasteiger partial charge in [0, 0.05) is 25.0 Å². The predicted molar refractivity (Wildman–Crippen MR) is 79.0 cm³/mol. The number of nitrogens with two attached hydrogens (primary N) is 1. The number of pyridine rings is 1. The van der Waals surface area contributed by atoms with Crippen molar-refractivity contribution in [3.05, 3.63) is 58.9 Å². The summed E-state index contributed by atoms with van der Waals surface area (Å²) in [6, 6.07) is 7.18. The van der Waals surface area contributed by atoms with Crippen LogP contribution in [0.1, 0.15) is 27.2 Å². The van der Waals surface area contributed by atoms with Crippen molar-refractivity contribution in [3.63, 3.8) is 0 Å². The van der Waals surface area contributed by atoms with E-state index in [9.17, 15) is 18.0 Å². The maximum atomic E-state index is 12.8. The molecule has 2 aromatic rings. The summed E-state index contributed by atoms with van der Waals surface area (Å²) < 4.78 is 38.3. The van der Waals surface area contributed by atoms with Crippen LogP contribution in [0.5, 0.6) is 0 Å². The molecule has 4 nitrogen and oxygen atoms in total. The van der Waals surface area contributed by atoms with Crippen LogP contribution in [0, 0.1) is 0 Å². The lowest BCUT2D eigenvalue weighted by Gasteiger charge is -2.31. The van der Waals surface area contributed by atoms with E-state index >= 15 is 0 Å². The second-order valence-corrected chi connectivity index (χ2v) is 5.42. The first kappa shape index (κ1) is 15.3. The molecule has 1 amide bonds. The predicted octanol–water partition coefficient (Wildman–Crippen LogP) is 2.76. The quantitative estimate of drug-likeness (QED) is 0.925. The summed E-state index contributed by atoms with van der Waals surface area (Å²) >= 11 is 0. The minimum atomic E-state index is -4.33. The van der Waals surface area contributed by atoms with Crippen LogP contribution < -0.4 is 10.6 Å². The summed E-state index contributed by atoms with van der Waals surface area (Å²) in [5, 5.41) is 0. The molecular formula is C16H14F3N3O. The Kier molecular flexibility index (Phi) is 3.71. The number of amides is 1. The fourth-order valence-corrected chi connectivity index (χ4v) is 2.70. The van der Waals surface area contributed by atoms with Crippen molar-refractivity contribution in [3.8, 4) is 0 Å². The Morgan fingerprint density at radius 2 is 1.96 bits per heavy atom. The molecule has 0 aliphatic carbocycles. The van der Waals surface area contributed by atoms with Crippen molar-refractivity contribution in [1.82, 2.24) is 4.98 Å². The Morgan fingerprint density at radius 1 is 1.17 bits per heavy atom. The Labute approximate surface area is 130 Å². The molecule has 2 heterocycles. The molecule has 0 spiro atoms. The number of carbonyl (C=O) groups is 1. The number of rotatable bonds is 2. The highest BCUT2D eigenvalue weighted by molar-refractivity contribution is 5.91. The smallest absolute Gasteiger partial charge is 0.367 e. The number of benzene rings is 1. The zero-order valence-electron chi connectivity index (χ0n) is 12.1. The average Bonchev–Trinajstić information content (AvgIpc) is 2.53. The van der Waals surface area contributed by atoms with Crippen molar-refractivity contribution in [2.45, 2.75) is 19.1 Å². The van der Waals surface area contributed by atoms with Crippen LogP contribution in [0.2, 0.25) is 0 Å². The Bertz CT molecular complexity index is 758. The molecule has 120 valence electrons. The molecule has 0 fully saturated rings. The molecule has 1 aliphatic rings. The van der Waals surface area contributed by atoms with Gasteiger partial charge in [0.25, 0.3) is 5.91 Å². The molecular weight excluding hydrogens is 307 g/mol. The van der Waals surface area contributed by atoms with Gasteiger partial charge in [0.15, 0.2) is 0 Å². The van der Waals surface area contributed by atoms with Crippen LogP contribution in [0.15, 0.2) is 36.5 Å². The van der Waals surface area contributed by atoms with Gasteiger partial charge in [0.1, 0.15) is 5.69 Å². The van der Waals surface area contributed by atoms with Gasteiger partial charge in [-0.25, -0.2) is 0 Å². The van der Waals surface area contributed by atoms with E-state index in [1.54, 1.807) is 12.1 Å². The molecule has 1 aliphatic heterocycles. The van der Waals surface area contributed by atoms with Crippen LogP contribution in [0.3, 0.4) is 0 Å². The maximum Gasteiger partial charge on any atom is 0.416 e. The largest absolute Gasteiger partial charge is 0.416 e. The van der Waals surface area contributed by atoms with E-state index in [1.807, 2.05) is 4.90 Å². The molecule has 7 heteroatoms. The molecule has 0 radical (unpaired) electrons. The third kappa shape index (κ3) is 3.13. The summed E-state index contributed by atoms with van der Waals surface area (Å²) in [4.78, 5) is 17.1. The highest BCUT2D eigenvalue weighted by Crippen LogP contribution is 2.32. The Morgan fingerprint density at radius 3 is 2.65 bits per heavy atom. The minimum Gasteiger partial charge on any atom is -0.367 e. The van der Waals surface area contributed by atoms with E-state index in [1.165, 1.54) is 18.3 Å². The van der Waals surface area contributed by atoms with Gasteiger partial charge in [0.05, 0.1) is 5.56 Å². The van der Waals surface area contributed by atoms with Gasteiger partial charge < -0.3 is 10.6 Å². The lowest BCUT2D eigenvalue weighted by molar-refractivity contribution is -0.137. The van der Waals surface area contributed by atoms with E-state index in [0.717, 1.165) is 17.3 Å². The SMILES string of the molecule is NC(=O)c1cc(N2CCc3cc(C(F)(F)F)ccc3C2)ccn1. The lowest BCUT2D eigenvalue weighted by Crippen LogP contribution is -2.31. The zero-order chi connectivity index (χ0) is 16.6. The maximum absolute atomic E-state index is 12.8. The number of primary amides is 1. The summed E-state index contributed by atoms with van der Waals surface area (Å²) in [5.74, 6) is -0.612. The van der Waals surface area contributed by atoms with E-state index in [2.05, 4.69) is 4.98 Å². The third-order valence-electron chi connectivity index (χ3n) is 3.91. The molecule has 0 atom stereocenters. The first-order valence-corrected chi connectivity index (χ1v) is 7.04. The van der Waals surface area contributed by atoms with E-state index in [0.29, 0.717) is 25.1 Å². The van der Waals surface area contributed by atoms with Gasteiger partial charge in [-0.3, -0.25) is 9.78 Å². The number of hydrogen-bond acceptors (Lipinski definition) is 3. The first-order valence-electron chi connectivity index (χ1n) is 7.04. The second-order valence-electron chi connectivity index (χ2n) is 5.42. The molecule has 0 saturated heterocycles. The van der Waals surface area contributed by atoms with E-state index in [4.69, 9.17) is 5.73 Å². The van der Waals surface area contributed by atoms with Crippen molar-refractivity contribution in [1.29, 1.82) is 0 Å². The Hall–Kier alpha value is -2.57. The van der Waals surface area contributed by atoms with Crippen LogP contribution in [0.25, 0.3) is 0 Å². The number of nitrogens with zero attached hydrogens (tertiary/aromatic N) is 2. The van der Waals surface area contributed by atoms with E-state index < -0.39 is 17.6 Å². The van der Waals surface area contributed by atoms with E-state index in [-0.39, 0.29) is 5.69 Å². The standard InChI is InChI=1S/C16H14F3N3O/c17-16(18,19)12-2-1-11-9-22(6-4-10(11)7-12)13-3-5-21-14(8-13)15(20)23/h1-3,5,7-8H,4,6,9H2,(H2,20,23). The van der Waals surface area contributed by atoms with Gasteiger partial charge in [-0.05, 0) is 41.8 Å². The van der Waals surface area contributed by atoms with Gasteiger partial charge in [0.2, 0.25) is 0 Å². The zero-order valence-corrected chi connectivity index (χ0v) is 12.1. The molecule has 0 unspecified atom stereocenters. The van der Waals surface area contributed by atoms with Crippen molar-refractivity contribution < 1.29 is 18.0 Å². The highest BCUT2D eigenvalue weighted by Gasteiger charge is 2.31. The topological polar surface area (TPSA) is 59.2 Å². The highest BCUT2D eigenvalue weighted by atomic mass is 19.4. The van der Waals surface area contributed by atoms with Crippen molar-refractivity contribution in [2.75, 3.05) is 11.4 Å². The van der Waals surface area contributed by atoms with Crippen LogP contribution >= 0.6 is 0 Å². The second kappa shape index (κ2) is 5.57. The number of halogens is 3. The van der Waals surface area contributed by atoms with Gasteiger partial charge in [-0.1, -0.05) is 6.07 Å². The van der Waals surface area contributed by atoms with Crippen molar-refractivity contribution in [2.24, 2.45) is 5.73 Å². The monoisotopic (exact) mass is 321 g/mol. The van der Waals surface area contributed by atoms with Crippen LogP contribution in [-0.4, -0.2) is 17.4 Å². The molecule has 0 saturated carbocycles. The Balaban J connectivity index is 1.86. The van der Waals surface area contributed by atoms with Gasteiger partial charge >= 0.3 is 6.18 Å². The number of aromatic nitrogens is 1. The minimum absolute atomic E-state index is 0.167.